The number of aromatic nitrogens is 5. The first-order chi connectivity index (χ1) is 15.9. The zero-order valence-electron chi connectivity index (χ0n) is 17.7. The van der Waals surface area contributed by atoms with E-state index in [4.69, 9.17) is 16.2 Å². The Balaban J connectivity index is 1.57. The van der Waals surface area contributed by atoms with E-state index in [1.165, 1.54) is 12.4 Å². The van der Waals surface area contributed by atoms with Crippen LogP contribution in [-0.2, 0) is 0 Å². The van der Waals surface area contributed by atoms with E-state index in [-0.39, 0.29) is 34.6 Å². The number of nitrogens with zero attached hydrogens (tertiary/aromatic N) is 5. The van der Waals surface area contributed by atoms with Gasteiger partial charge in [-0.15, -0.1) is 0 Å². The van der Waals surface area contributed by atoms with Crippen molar-refractivity contribution in [3.63, 3.8) is 0 Å². The number of nitrogens with two attached hydrogens (primary N) is 2. The molecule has 3 aromatic heterocycles. The Morgan fingerprint density at radius 1 is 1.21 bits per heavy atom. The van der Waals surface area contributed by atoms with Crippen molar-refractivity contribution < 1.29 is 13.5 Å². The third-order valence-electron chi connectivity index (χ3n) is 6.61. The van der Waals surface area contributed by atoms with E-state index in [9.17, 15) is 4.39 Å². The maximum Gasteiger partial charge on any atom is 0.326 e. The van der Waals surface area contributed by atoms with E-state index >= 15 is 4.39 Å². The van der Waals surface area contributed by atoms with Crippen molar-refractivity contribution in [3.05, 3.63) is 30.1 Å². The summed E-state index contributed by atoms with van der Waals surface area (Å²) in [6.45, 7) is 1.21. The SMILES string of the molecule is CNc1cc(F)c(F)c2c1[nH]c1nc(Oc3cnc(N)nc3)nc(N3C[C@H](N)C4(CC4)C3)c12. The normalized spacial score (nSPS) is 19.0. The average molecular weight is 453 g/mol. The van der Waals surface area contributed by atoms with Crippen molar-refractivity contribution in [1.82, 2.24) is 24.9 Å². The second-order valence-corrected chi connectivity index (χ2v) is 8.63. The number of halogens is 2. The Morgan fingerprint density at radius 2 is 1.97 bits per heavy atom. The summed E-state index contributed by atoms with van der Waals surface area (Å²) < 4.78 is 35.3. The third kappa shape index (κ3) is 3.01. The molecule has 6 N–H and O–H groups in total. The fraction of sp³-hybridized carbons (Fsp3) is 0.333. The number of nitrogen functional groups attached to an aromatic ring is 1. The Labute approximate surface area is 186 Å². The Kier molecular flexibility index (Phi) is 4.12. The molecule has 1 saturated carbocycles. The van der Waals surface area contributed by atoms with Crippen molar-refractivity contribution in [2.45, 2.75) is 18.9 Å². The largest absolute Gasteiger partial charge is 0.421 e. The Bertz CT molecular complexity index is 1400. The molecule has 170 valence electrons. The average Bonchev–Trinajstić information content (AvgIpc) is 3.37. The quantitative estimate of drug-likeness (QED) is 0.366. The number of ether oxygens (including phenoxy) is 1. The van der Waals surface area contributed by atoms with E-state index in [0.717, 1.165) is 18.9 Å². The Hall–Kier alpha value is -3.80. The van der Waals surface area contributed by atoms with Crippen molar-refractivity contribution in [2.75, 3.05) is 36.1 Å². The van der Waals surface area contributed by atoms with Gasteiger partial charge in [-0.05, 0) is 12.8 Å². The van der Waals surface area contributed by atoms with Gasteiger partial charge in [-0.25, -0.2) is 18.7 Å². The molecule has 2 aliphatic rings. The van der Waals surface area contributed by atoms with Gasteiger partial charge in [-0.3, -0.25) is 0 Å². The summed E-state index contributed by atoms with van der Waals surface area (Å²) in [6.07, 6.45) is 4.87. The van der Waals surface area contributed by atoms with Crippen molar-refractivity contribution in [1.29, 1.82) is 0 Å². The molecule has 1 saturated heterocycles. The van der Waals surface area contributed by atoms with E-state index in [1.807, 2.05) is 4.90 Å². The van der Waals surface area contributed by atoms with Crippen LogP contribution in [0.1, 0.15) is 12.8 Å². The highest BCUT2D eigenvalue weighted by Crippen LogP contribution is 2.53. The number of benzene rings is 1. The molecule has 10 nitrogen and oxygen atoms in total. The zero-order chi connectivity index (χ0) is 22.9. The molecule has 0 bridgehead atoms. The highest BCUT2D eigenvalue weighted by atomic mass is 19.2. The minimum Gasteiger partial charge on any atom is -0.421 e. The van der Waals surface area contributed by atoms with Crippen LogP contribution >= 0.6 is 0 Å². The van der Waals surface area contributed by atoms with Crippen LogP contribution in [0.4, 0.5) is 26.2 Å². The molecule has 1 aromatic carbocycles. The van der Waals surface area contributed by atoms with Gasteiger partial charge in [0.1, 0.15) is 11.5 Å². The van der Waals surface area contributed by atoms with E-state index in [0.29, 0.717) is 41.1 Å². The van der Waals surface area contributed by atoms with Crippen LogP contribution in [-0.4, -0.2) is 51.1 Å². The molecule has 1 spiro atoms. The van der Waals surface area contributed by atoms with Gasteiger partial charge in [0.05, 0.1) is 34.4 Å². The van der Waals surface area contributed by atoms with Crippen molar-refractivity contribution >= 4 is 39.4 Å². The van der Waals surface area contributed by atoms with Gasteiger partial charge in [0.2, 0.25) is 5.95 Å². The van der Waals surface area contributed by atoms with Crippen molar-refractivity contribution in [3.8, 4) is 11.8 Å². The standard InChI is InChI=1S/C21H21F2N9O/c1-26-11-4-10(22)15(23)13-14-17(29-16(11)13)30-20(33-9-5-27-19(25)28-6-9)31-18(14)32-7-12(24)21(8-32)2-3-21/h4-6,12,26H,2-3,7-8,24H2,1H3,(H2,25,27,28)(H,29,30,31)/t12-/m0/s1. The predicted molar refractivity (Wildman–Crippen MR) is 119 cm³/mol. The molecule has 0 amide bonds. The van der Waals surface area contributed by atoms with Crippen LogP contribution in [0.5, 0.6) is 11.8 Å². The summed E-state index contributed by atoms with van der Waals surface area (Å²) in [7, 11) is 1.64. The first-order valence-corrected chi connectivity index (χ1v) is 10.5. The lowest BCUT2D eigenvalue weighted by Gasteiger charge is -2.19. The summed E-state index contributed by atoms with van der Waals surface area (Å²) >= 11 is 0. The summed E-state index contributed by atoms with van der Waals surface area (Å²) in [4.78, 5) is 21.9. The fourth-order valence-electron chi connectivity index (χ4n) is 4.66. The molecular weight excluding hydrogens is 432 g/mol. The number of nitrogens with one attached hydrogen (secondary N) is 2. The number of hydrogen-bond donors (Lipinski definition) is 4. The summed E-state index contributed by atoms with van der Waals surface area (Å²) in [5, 5.41) is 3.36. The Morgan fingerprint density at radius 3 is 2.64 bits per heavy atom. The van der Waals surface area contributed by atoms with Gasteiger partial charge in [-0.1, -0.05) is 0 Å². The summed E-state index contributed by atoms with van der Waals surface area (Å²) in [6, 6.07) is 1.08. The molecule has 6 rings (SSSR count). The number of hydrogen-bond acceptors (Lipinski definition) is 9. The van der Waals surface area contributed by atoms with Crippen LogP contribution in [0.25, 0.3) is 21.9 Å². The second kappa shape index (κ2) is 6.85. The minimum atomic E-state index is -0.967. The van der Waals surface area contributed by atoms with Crippen LogP contribution in [0.3, 0.4) is 0 Å². The fourth-order valence-corrected chi connectivity index (χ4v) is 4.66. The van der Waals surface area contributed by atoms with Gasteiger partial charge < -0.3 is 31.4 Å². The van der Waals surface area contributed by atoms with Gasteiger partial charge in [0.15, 0.2) is 17.4 Å². The number of rotatable bonds is 4. The second-order valence-electron chi connectivity index (χ2n) is 8.63. The molecule has 12 heteroatoms. The lowest BCUT2D eigenvalue weighted by Crippen LogP contribution is -2.30. The van der Waals surface area contributed by atoms with E-state index in [2.05, 4.69) is 30.2 Å². The van der Waals surface area contributed by atoms with Crippen molar-refractivity contribution in [2.24, 2.45) is 11.1 Å². The molecular formula is C21H21F2N9O. The van der Waals surface area contributed by atoms with Crippen LogP contribution in [0, 0.1) is 17.0 Å². The summed E-state index contributed by atoms with van der Waals surface area (Å²) in [5.74, 6) is -1.10. The molecule has 1 aliphatic heterocycles. The molecule has 0 radical (unpaired) electrons. The number of fused-ring (bicyclic) bond motifs is 3. The molecule has 4 heterocycles. The van der Waals surface area contributed by atoms with Crippen LogP contribution < -0.4 is 26.4 Å². The lowest BCUT2D eigenvalue weighted by molar-refractivity contribution is 0.440. The summed E-state index contributed by atoms with van der Waals surface area (Å²) in [5.41, 5.74) is 13.1. The van der Waals surface area contributed by atoms with Gasteiger partial charge >= 0.3 is 6.01 Å². The zero-order valence-corrected chi connectivity index (χ0v) is 17.7. The van der Waals surface area contributed by atoms with Gasteiger partial charge in [0.25, 0.3) is 0 Å². The van der Waals surface area contributed by atoms with E-state index in [1.54, 1.807) is 7.05 Å². The maximum atomic E-state index is 15.1. The molecule has 0 unspecified atom stereocenters. The molecule has 1 atom stereocenters. The van der Waals surface area contributed by atoms with E-state index < -0.39 is 11.6 Å². The predicted octanol–water partition coefficient (Wildman–Crippen LogP) is 2.52. The smallest absolute Gasteiger partial charge is 0.326 e. The molecule has 33 heavy (non-hydrogen) atoms. The first-order valence-electron chi connectivity index (χ1n) is 10.5. The lowest BCUT2D eigenvalue weighted by atomic mass is 10.0. The number of H-pyrrole nitrogens is 1. The van der Waals surface area contributed by atoms with Crippen LogP contribution in [0.2, 0.25) is 0 Å². The molecule has 4 aromatic rings. The third-order valence-corrected chi connectivity index (χ3v) is 6.61. The topological polar surface area (TPSA) is 144 Å². The molecule has 2 fully saturated rings. The van der Waals surface area contributed by atoms with Crippen LogP contribution in [0.15, 0.2) is 18.5 Å². The number of anilines is 3. The highest BCUT2D eigenvalue weighted by Gasteiger charge is 2.54. The van der Waals surface area contributed by atoms with Gasteiger partial charge in [-0.2, -0.15) is 9.97 Å². The number of aromatic amines is 1. The maximum absolute atomic E-state index is 15.1. The highest BCUT2D eigenvalue weighted by molar-refractivity contribution is 6.15. The first kappa shape index (κ1) is 19.9. The molecule has 1 aliphatic carbocycles. The monoisotopic (exact) mass is 453 g/mol. The minimum absolute atomic E-state index is 0.00892. The van der Waals surface area contributed by atoms with Gasteiger partial charge in [0, 0.05) is 37.7 Å².